The Balaban J connectivity index is 1.59. The van der Waals surface area contributed by atoms with Crippen LogP contribution in [0.4, 0.5) is 39.0 Å². The van der Waals surface area contributed by atoms with Crippen molar-refractivity contribution in [3.8, 4) is 0 Å². The van der Waals surface area contributed by atoms with Gasteiger partial charge in [-0.2, -0.15) is 13.2 Å². The van der Waals surface area contributed by atoms with Crippen molar-refractivity contribution in [2.45, 2.75) is 38.4 Å². The molecule has 11 heteroatoms. The molecule has 1 unspecified atom stereocenters. The molecular weight excluding hydrogens is 597 g/mol. The molecule has 0 spiro atoms. The highest BCUT2D eigenvalue weighted by Crippen LogP contribution is 2.46. The third-order valence-corrected chi connectivity index (χ3v) is 8.10. The Morgan fingerprint density at radius 2 is 1.77 bits per heavy atom. The molecule has 0 aromatic heterocycles. The number of carbonyl (C=O) groups is 1. The molecule has 0 saturated carbocycles. The number of hydrogen-bond donors (Lipinski definition) is 1. The first-order valence-corrected chi connectivity index (χ1v) is 13.5. The van der Waals surface area contributed by atoms with Gasteiger partial charge in [0.1, 0.15) is 23.2 Å². The molecule has 2 aliphatic heterocycles. The van der Waals surface area contributed by atoms with Crippen LogP contribution in [0.3, 0.4) is 0 Å². The first-order chi connectivity index (χ1) is 18.9. The molecule has 5 nitrogen and oxygen atoms in total. The zero-order valence-corrected chi connectivity index (χ0v) is 22.9. The lowest BCUT2D eigenvalue weighted by molar-refractivity contribution is -0.138. The Bertz CT molecular complexity index is 1480. The van der Waals surface area contributed by atoms with Crippen LogP contribution in [0.25, 0.3) is 0 Å². The summed E-state index contributed by atoms with van der Waals surface area (Å²) in [4.78, 5) is 20.3. The molecule has 0 bridgehead atoms. The van der Waals surface area contributed by atoms with E-state index in [-0.39, 0.29) is 28.7 Å². The minimum absolute atomic E-state index is 0.000289. The molecule has 210 valence electrons. The van der Waals surface area contributed by atoms with Crippen LogP contribution in [0.5, 0.6) is 0 Å². The van der Waals surface area contributed by atoms with Gasteiger partial charge in [0.2, 0.25) is 0 Å². The van der Waals surface area contributed by atoms with Crippen molar-refractivity contribution in [2.75, 3.05) is 22.9 Å². The number of fused-ring (bicyclic) bond motifs is 1. The fourth-order valence-electron chi connectivity index (χ4n) is 5.43. The average molecular weight is 622 g/mol. The molecule has 0 radical (unpaired) electrons. The van der Waals surface area contributed by atoms with Crippen molar-refractivity contribution in [3.63, 3.8) is 0 Å². The minimum atomic E-state index is -4.63. The summed E-state index contributed by atoms with van der Waals surface area (Å²) < 4.78 is 70.4. The van der Waals surface area contributed by atoms with Crippen molar-refractivity contribution in [1.29, 1.82) is 0 Å². The van der Waals surface area contributed by atoms with Crippen LogP contribution in [0.2, 0.25) is 0 Å². The van der Waals surface area contributed by atoms with E-state index >= 15 is 4.39 Å². The monoisotopic (exact) mass is 621 g/mol. The molecule has 1 N–H and O–H groups in total. The first kappa shape index (κ1) is 28.1. The molecule has 3 aromatic rings. The molecule has 40 heavy (non-hydrogen) atoms. The second kappa shape index (κ2) is 10.8. The van der Waals surface area contributed by atoms with Gasteiger partial charge in [-0.3, -0.25) is 4.79 Å². The lowest BCUT2D eigenvalue weighted by atomic mass is 9.89. The van der Waals surface area contributed by atoms with Crippen LogP contribution in [0, 0.1) is 24.5 Å². The Hall–Kier alpha value is -3.47. The standard InChI is InChI=1S/C29H25BrF5N3O2/c1-16-13-19(6-8-22(16)31)37-11-9-17(10-12-37)28-36-27-20(3-2-4-23(27)32)24(15-26(39)40)38(28)25-14-18(29(33,34)35)5-7-21(25)30/h2-8,13-14,17,24H,9-12,15H2,1H3,(H,39,40). The number of halogens is 6. The van der Waals surface area contributed by atoms with E-state index in [1.165, 1.54) is 29.2 Å². The lowest BCUT2D eigenvalue weighted by Gasteiger charge is -2.43. The van der Waals surface area contributed by atoms with Crippen molar-refractivity contribution >= 4 is 44.8 Å². The number of aryl methyl sites for hydroxylation is 1. The molecule has 5 rings (SSSR count). The van der Waals surface area contributed by atoms with Crippen LogP contribution in [-0.4, -0.2) is 30.0 Å². The molecule has 1 atom stereocenters. The Labute approximate surface area is 236 Å². The van der Waals surface area contributed by atoms with Gasteiger partial charge in [-0.1, -0.05) is 12.1 Å². The number of carboxylic acids is 1. The number of piperidine rings is 1. The summed E-state index contributed by atoms with van der Waals surface area (Å²) in [7, 11) is 0. The predicted molar refractivity (Wildman–Crippen MR) is 146 cm³/mol. The van der Waals surface area contributed by atoms with Gasteiger partial charge in [0.05, 0.1) is 23.7 Å². The zero-order chi connectivity index (χ0) is 28.8. The third kappa shape index (κ3) is 5.43. The van der Waals surface area contributed by atoms with Crippen molar-refractivity contribution in [3.05, 3.63) is 87.4 Å². The van der Waals surface area contributed by atoms with Crippen molar-refractivity contribution < 1.29 is 31.9 Å². The fourth-order valence-corrected chi connectivity index (χ4v) is 5.86. The molecule has 2 aliphatic rings. The normalized spacial score (nSPS) is 18.0. The Kier molecular flexibility index (Phi) is 7.60. The smallest absolute Gasteiger partial charge is 0.416 e. The number of rotatable bonds is 5. The quantitative estimate of drug-likeness (QED) is 0.293. The van der Waals surface area contributed by atoms with Gasteiger partial charge in [-0.15, -0.1) is 0 Å². The maximum absolute atomic E-state index is 15.0. The van der Waals surface area contributed by atoms with Gasteiger partial charge in [0, 0.05) is 34.7 Å². The van der Waals surface area contributed by atoms with E-state index in [0.717, 1.165) is 17.8 Å². The van der Waals surface area contributed by atoms with Crippen LogP contribution in [0.1, 0.15) is 42.0 Å². The molecule has 2 heterocycles. The number of nitrogens with zero attached hydrogens (tertiary/aromatic N) is 3. The molecular formula is C29H25BrF5N3O2. The van der Waals surface area contributed by atoms with Crippen LogP contribution in [-0.2, 0) is 11.0 Å². The van der Waals surface area contributed by atoms with Gasteiger partial charge in [-0.05, 0) is 83.7 Å². The van der Waals surface area contributed by atoms with Crippen molar-refractivity contribution in [1.82, 2.24) is 0 Å². The number of anilines is 2. The highest BCUT2D eigenvalue weighted by atomic mass is 79.9. The highest BCUT2D eigenvalue weighted by molar-refractivity contribution is 9.10. The van der Waals surface area contributed by atoms with Crippen molar-refractivity contribution in [2.24, 2.45) is 10.9 Å². The van der Waals surface area contributed by atoms with E-state index in [9.17, 15) is 27.5 Å². The molecule has 3 aromatic carbocycles. The van der Waals surface area contributed by atoms with E-state index in [0.29, 0.717) is 41.8 Å². The Morgan fingerprint density at radius 3 is 2.42 bits per heavy atom. The summed E-state index contributed by atoms with van der Waals surface area (Å²) >= 11 is 3.36. The summed E-state index contributed by atoms with van der Waals surface area (Å²) in [6.07, 6.45) is -4.07. The fraction of sp³-hybridized carbons (Fsp3) is 0.310. The number of aliphatic imine (C=N–C) groups is 1. The van der Waals surface area contributed by atoms with E-state index in [2.05, 4.69) is 25.8 Å². The summed E-state index contributed by atoms with van der Waals surface area (Å²) in [5.74, 6) is -2.10. The average Bonchev–Trinajstić information content (AvgIpc) is 2.90. The lowest BCUT2D eigenvalue weighted by Crippen LogP contribution is -2.46. The van der Waals surface area contributed by atoms with Gasteiger partial charge >= 0.3 is 12.1 Å². The maximum atomic E-state index is 15.0. The number of amidine groups is 1. The Morgan fingerprint density at radius 1 is 1.05 bits per heavy atom. The van der Waals surface area contributed by atoms with E-state index in [1.54, 1.807) is 25.1 Å². The maximum Gasteiger partial charge on any atom is 0.416 e. The van der Waals surface area contributed by atoms with Gasteiger partial charge in [0.25, 0.3) is 0 Å². The van der Waals surface area contributed by atoms with E-state index < -0.39 is 36.0 Å². The van der Waals surface area contributed by atoms with E-state index in [1.807, 2.05) is 0 Å². The molecule has 0 aliphatic carbocycles. The number of benzene rings is 3. The predicted octanol–water partition coefficient (Wildman–Crippen LogP) is 8.04. The van der Waals surface area contributed by atoms with Gasteiger partial charge < -0.3 is 14.9 Å². The second-order valence-corrected chi connectivity index (χ2v) is 10.8. The van der Waals surface area contributed by atoms with Crippen LogP contribution in [0.15, 0.2) is 64.1 Å². The third-order valence-electron chi connectivity index (χ3n) is 7.43. The summed E-state index contributed by atoms with van der Waals surface area (Å²) in [5.41, 5.74) is 0.854. The molecule has 0 amide bonds. The number of para-hydroxylation sites is 1. The topological polar surface area (TPSA) is 56.1 Å². The van der Waals surface area contributed by atoms with Crippen LogP contribution < -0.4 is 9.80 Å². The summed E-state index contributed by atoms with van der Waals surface area (Å²) in [5, 5.41) is 9.79. The zero-order valence-electron chi connectivity index (χ0n) is 21.4. The SMILES string of the molecule is Cc1cc(N2CCC(C3=Nc4c(F)cccc4C(CC(=O)O)N3c3cc(C(F)(F)F)ccc3Br)CC2)ccc1F. The van der Waals surface area contributed by atoms with E-state index in [4.69, 9.17) is 0 Å². The molecule has 1 saturated heterocycles. The summed E-state index contributed by atoms with van der Waals surface area (Å²) in [6, 6.07) is 11.3. The van der Waals surface area contributed by atoms with Gasteiger partial charge in [0.15, 0.2) is 0 Å². The number of alkyl halides is 3. The second-order valence-electron chi connectivity index (χ2n) is 9.99. The number of aliphatic carboxylic acids is 1. The van der Waals surface area contributed by atoms with Crippen LogP contribution >= 0.6 is 15.9 Å². The largest absolute Gasteiger partial charge is 0.481 e. The molecule has 1 fully saturated rings. The number of hydrogen-bond acceptors (Lipinski definition) is 4. The van der Waals surface area contributed by atoms with Gasteiger partial charge in [-0.25, -0.2) is 13.8 Å². The summed E-state index contributed by atoms with van der Waals surface area (Å²) in [6.45, 7) is 2.77. The number of carboxylic acid groups (broad SMARTS) is 1. The first-order valence-electron chi connectivity index (χ1n) is 12.7. The minimum Gasteiger partial charge on any atom is -0.481 e. The highest BCUT2D eigenvalue weighted by Gasteiger charge is 2.40.